The van der Waals surface area contributed by atoms with Crippen LogP contribution in [0.1, 0.15) is 11.6 Å². The molecule has 0 fully saturated rings. The summed E-state index contributed by atoms with van der Waals surface area (Å²) >= 11 is 3.30. The number of methoxy groups -OCH3 is 1. The third-order valence-corrected chi connectivity index (χ3v) is 3.68. The number of anilines is 1. The van der Waals surface area contributed by atoms with Gasteiger partial charge in [0, 0.05) is 10.0 Å². The number of carbonyl (C=O) groups excluding carboxylic acids is 1. The Morgan fingerprint density at radius 3 is 2.71 bits per heavy atom. The van der Waals surface area contributed by atoms with Crippen LogP contribution < -0.4 is 15.8 Å². The average Bonchev–Trinajstić information content (AvgIpc) is 2.47. The fourth-order valence-corrected chi connectivity index (χ4v) is 2.43. The lowest BCUT2D eigenvalue weighted by atomic mass is 10.1. The van der Waals surface area contributed by atoms with Crippen LogP contribution in [0.4, 0.5) is 10.1 Å². The zero-order chi connectivity index (χ0) is 15.4. The monoisotopic (exact) mass is 352 g/mol. The first-order chi connectivity index (χ1) is 10.0. The van der Waals surface area contributed by atoms with E-state index in [1.54, 1.807) is 24.3 Å². The number of para-hydroxylation sites is 2. The summed E-state index contributed by atoms with van der Waals surface area (Å²) < 4.78 is 19.2. The lowest BCUT2D eigenvalue weighted by Crippen LogP contribution is -2.28. The number of nitrogens with one attached hydrogen (secondary N) is 1. The standard InChI is InChI=1S/C15H14BrFN2O2/c1-21-13-5-3-2-4-12(13)19-14(15(18)20)10-8-9(17)6-7-11(10)16/h2-8,14,19H,1H3,(H2,18,20). The summed E-state index contributed by atoms with van der Waals surface area (Å²) in [4.78, 5) is 11.7. The van der Waals surface area contributed by atoms with Gasteiger partial charge in [0.15, 0.2) is 0 Å². The first-order valence-corrected chi connectivity index (χ1v) is 6.96. The van der Waals surface area contributed by atoms with E-state index < -0.39 is 17.8 Å². The molecule has 0 aromatic heterocycles. The zero-order valence-corrected chi connectivity index (χ0v) is 12.9. The molecular formula is C15H14BrFN2O2. The molecule has 0 spiro atoms. The van der Waals surface area contributed by atoms with Crippen LogP contribution in [0.5, 0.6) is 5.75 Å². The van der Waals surface area contributed by atoms with Gasteiger partial charge in [-0.2, -0.15) is 0 Å². The quantitative estimate of drug-likeness (QED) is 0.868. The van der Waals surface area contributed by atoms with Crippen molar-refractivity contribution in [3.8, 4) is 5.75 Å². The Bertz CT molecular complexity index is 664. The molecule has 0 bridgehead atoms. The predicted octanol–water partition coefficient (Wildman–Crippen LogP) is 3.24. The molecule has 0 heterocycles. The van der Waals surface area contributed by atoms with Gasteiger partial charge in [-0.05, 0) is 30.3 Å². The maximum atomic E-state index is 13.4. The molecule has 0 aliphatic rings. The molecule has 110 valence electrons. The van der Waals surface area contributed by atoms with Gasteiger partial charge in [0.1, 0.15) is 17.6 Å². The second kappa shape index (κ2) is 6.58. The van der Waals surface area contributed by atoms with Gasteiger partial charge in [0.05, 0.1) is 12.8 Å². The van der Waals surface area contributed by atoms with Crippen molar-refractivity contribution in [2.24, 2.45) is 5.73 Å². The largest absolute Gasteiger partial charge is 0.495 e. The zero-order valence-electron chi connectivity index (χ0n) is 11.3. The van der Waals surface area contributed by atoms with Crippen molar-refractivity contribution in [1.82, 2.24) is 0 Å². The molecule has 1 atom stereocenters. The third kappa shape index (κ3) is 3.52. The smallest absolute Gasteiger partial charge is 0.244 e. The number of amides is 1. The Morgan fingerprint density at radius 1 is 1.33 bits per heavy atom. The van der Waals surface area contributed by atoms with Crippen molar-refractivity contribution in [2.75, 3.05) is 12.4 Å². The number of hydrogen-bond acceptors (Lipinski definition) is 3. The van der Waals surface area contributed by atoms with Crippen LogP contribution in [0.2, 0.25) is 0 Å². The number of carbonyl (C=O) groups is 1. The Labute approximate surface area is 130 Å². The first-order valence-electron chi connectivity index (χ1n) is 6.16. The molecule has 0 saturated heterocycles. The number of rotatable bonds is 5. The molecule has 21 heavy (non-hydrogen) atoms. The molecule has 0 saturated carbocycles. The molecule has 2 aromatic rings. The number of primary amides is 1. The van der Waals surface area contributed by atoms with Crippen LogP contribution in [0.25, 0.3) is 0 Å². The molecule has 3 N–H and O–H groups in total. The Balaban J connectivity index is 2.40. The molecular weight excluding hydrogens is 339 g/mol. The van der Waals surface area contributed by atoms with E-state index in [4.69, 9.17) is 10.5 Å². The van der Waals surface area contributed by atoms with E-state index >= 15 is 0 Å². The normalized spacial score (nSPS) is 11.8. The van der Waals surface area contributed by atoms with Gasteiger partial charge in [-0.15, -0.1) is 0 Å². The Kier molecular flexibility index (Phi) is 4.80. The van der Waals surface area contributed by atoms with E-state index in [1.807, 2.05) is 0 Å². The van der Waals surface area contributed by atoms with E-state index in [1.165, 1.54) is 25.3 Å². The van der Waals surface area contributed by atoms with Gasteiger partial charge in [-0.1, -0.05) is 28.1 Å². The van der Waals surface area contributed by atoms with Crippen LogP contribution in [0.15, 0.2) is 46.9 Å². The maximum Gasteiger partial charge on any atom is 0.244 e. The number of ether oxygens (including phenoxy) is 1. The van der Waals surface area contributed by atoms with Crippen molar-refractivity contribution < 1.29 is 13.9 Å². The Hall–Kier alpha value is -2.08. The second-order valence-corrected chi connectivity index (χ2v) is 5.20. The summed E-state index contributed by atoms with van der Waals surface area (Å²) in [6.45, 7) is 0. The highest BCUT2D eigenvalue weighted by Gasteiger charge is 2.22. The number of benzene rings is 2. The summed E-state index contributed by atoms with van der Waals surface area (Å²) in [5.41, 5.74) is 6.46. The van der Waals surface area contributed by atoms with Gasteiger partial charge in [0.25, 0.3) is 0 Å². The maximum absolute atomic E-state index is 13.4. The fourth-order valence-electron chi connectivity index (χ4n) is 1.96. The molecule has 1 amide bonds. The summed E-state index contributed by atoms with van der Waals surface area (Å²) in [5.74, 6) is -0.496. The highest BCUT2D eigenvalue weighted by molar-refractivity contribution is 9.10. The van der Waals surface area contributed by atoms with Gasteiger partial charge in [-0.25, -0.2) is 4.39 Å². The molecule has 2 rings (SSSR count). The topological polar surface area (TPSA) is 64.3 Å². The minimum atomic E-state index is -0.883. The SMILES string of the molecule is COc1ccccc1NC(C(N)=O)c1cc(F)ccc1Br. The van der Waals surface area contributed by atoms with Crippen LogP contribution in [-0.4, -0.2) is 13.0 Å². The molecule has 0 aliphatic carbocycles. The molecule has 2 aromatic carbocycles. The Morgan fingerprint density at radius 2 is 2.05 bits per heavy atom. The molecule has 4 nitrogen and oxygen atoms in total. The average molecular weight is 353 g/mol. The first kappa shape index (κ1) is 15.3. The van der Waals surface area contributed by atoms with Gasteiger partial charge in [-0.3, -0.25) is 4.79 Å². The predicted molar refractivity (Wildman–Crippen MR) is 82.7 cm³/mol. The minimum absolute atomic E-state index is 0.424. The molecule has 6 heteroatoms. The van der Waals surface area contributed by atoms with Crippen LogP contribution in [-0.2, 0) is 4.79 Å². The van der Waals surface area contributed by atoms with E-state index in [2.05, 4.69) is 21.2 Å². The molecule has 0 aliphatic heterocycles. The van der Waals surface area contributed by atoms with Crippen molar-refractivity contribution >= 4 is 27.5 Å². The van der Waals surface area contributed by atoms with Gasteiger partial charge in [0.2, 0.25) is 5.91 Å². The molecule has 0 radical (unpaired) electrons. The van der Waals surface area contributed by atoms with Crippen molar-refractivity contribution in [1.29, 1.82) is 0 Å². The van der Waals surface area contributed by atoms with E-state index in [9.17, 15) is 9.18 Å². The summed E-state index contributed by atoms with van der Waals surface area (Å²) in [6.07, 6.45) is 0. The number of nitrogens with two attached hydrogens (primary N) is 1. The van der Waals surface area contributed by atoms with Crippen LogP contribution in [0, 0.1) is 5.82 Å². The van der Waals surface area contributed by atoms with E-state index in [0.29, 0.717) is 21.5 Å². The van der Waals surface area contributed by atoms with Crippen LogP contribution in [0.3, 0.4) is 0 Å². The third-order valence-electron chi connectivity index (χ3n) is 2.96. The van der Waals surface area contributed by atoms with Gasteiger partial charge < -0.3 is 15.8 Å². The highest BCUT2D eigenvalue weighted by Crippen LogP contribution is 2.31. The minimum Gasteiger partial charge on any atom is -0.495 e. The van der Waals surface area contributed by atoms with E-state index in [0.717, 1.165) is 0 Å². The highest BCUT2D eigenvalue weighted by atomic mass is 79.9. The second-order valence-electron chi connectivity index (χ2n) is 4.35. The number of hydrogen-bond donors (Lipinski definition) is 2. The summed E-state index contributed by atoms with van der Waals surface area (Å²) in [7, 11) is 1.53. The number of halogens is 2. The van der Waals surface area contributed by atoms with Crippen LogP contribution >= 0.6 is 15.9 Å². The summed E-state index contributed by atoms with van der Waals surface area (Å²) in [5, 5.41) is 2.99. The summed E-state index contributed by atoms with van der Waals surface area (Å²) in [6, 6.07) is 10.3. The van der Waals surface area contributed by atoms with Gasteiger partial charge >= 0.3 is 0 Å². The van der Waals surface area contributed by atoms with Crippen molar-refractivity contribution in [2.45, 2.75) is 6.04 Å². The fraction of sp³-hybridized carbons (Fsp3) is 0.133. The van der Waals surface area contributed by atoms with Crippen molar-refractivity contribution in [3.05, 3.63) is 58.3 Å². The van der Waals surface area contributed by atoms with E-state index in [-0.39, 0.29) is 0 Å². The van der Waals surface area contributed by atoms with Crippen molar-refractivity contribution in [3.63, 3.8) is 0 Å². The lowest BCUT2D eigenvalue weighted by molar-refractivity contribution is -0.118. The lowest BCUT2D eigenvalue weighted by Gasteiger charge is -2.20. The molecule has 1 unspecified atom stereocenters.